The monoisotopic (exact) mass is 596 g/mol. The van der Waals surface area contributed by atoms with Gasteiger partial charge in [-0.15, -0.1) is 11.3 Å². The Morgan fingerprint density at radius 1 is 0.837 bits per heavy atom. The highest BCUT2D eigenvalue weighted by molar-refractivity contribution is 7.12. The minimum absolute atomic E-state index is 0.0250. The fourth-order valence-electron chi connectivity index (χ4n) is 5.03. The Labute approximate surface area is 253 Å². The molecule has 5 rings (SSSR count). The van der Waals surface area contributed by atoms with Crippen LogP contribution in [0.5, 0.6) is 0 Å². The van der Waals surface area contributed by atoms with E-state index in [1.165, 1.54) is 11.3 Å². The Bertz CT molecular complexity index is 1600. The van der Waals surface area contributed by atoms with Crippen LogP contribution >= 0.6 is 11.3 Å². The lowest BCUT2D eigenvalue weighted by molar-refractivity contribution is -0.137. The number of benzene rings is 3. The highest BCUT2D eigenvalue weighted by atomic mass is 32.1. The number of anilines is 2. The van der Waals surface area contributed by atoms with Gasteiger partial charge >= 0.3 is 5.97 Å². The number of carboxylic acids is 1. The van der Waals surface area contributed by atoms with E-state index in [0.29, 0.717) is 47.9 Å². The highest BCUT2D eigenvalue weighted by Gasteiger charge is 2.26. The summed E-state index contributed by atoms with van der Waals surface area (Å²) in [6, 6.07) is 24.4. The van der Waals surface area contributed by atoms with Gasteiger partial charge < -0.3 is 25.5 Å². The molecule has 1 atom stereocenters. The molecule has 0 bridgehead atoms. The summed E-state index contributed by atoms with van der Waals surface area (Å²) in [6.45, 7) is 4.02. The fourth-order valence-corrected chi connectivity index (χ4v) is 5.64. The van der Waals surface area contributed by atoms with E-state index in [4.69, 9.17) is 0 Å². The van der Waals surface area contributed by atoms with Gasteiger partial charge in [0.15, 0.2) is 0 Å². The van der Waals surface area contributed by atoms with Crippen molar-refractivity contribution in [3.05, 3.63) is 117 Å². The summed E-state index contributed by atoms with van der Waals surface area (Å²) in [4.78, 5) is 55.4. The van der Waals surface area contributed by atoms with Crippen LogP contribution < -0.4 is 15.5 Å². The molecule has 3 N–H and O–H groups in total. The normalized spacial score (nSPS) is 13.7. The maximum absolute atomic E-state index is 13.4. The number of piperazine rings is 1. The van der Waals surface area contributed by atoms with Crippen molar-refractivity contribution in [2.75, 3.05) is 36.4 Å². The minimum Gasteiger partial charge on any atom is -0.481 e. The lowest BCUT2D eigenvalue weighted by Gasteiger charge is -2.37. The Balaban J connectivity index is 1.37. The number of rotatable bonds is 9. The largest absolute Gasteiger partial charge is 0.481 e. The van der Waals surface area contributed by atoms with Gasteiger partial charge in [-0.25, -0.2) is 0 Å². The smallest absolute Gasteiger partial charge is 0.305 e. The van der Waals surface area contributed by atoms with E-state index in [-0.39, 0.29) is 23.8 Å². The molecule has 1 saturated heterocycles. The number of carboxylic acid groups (broad SMARTS) is 1. The van der Waals surface area contributed by atoms with Crippen molar-refractivity contribution in [2.45, 2.75) is 19.4 Å². The molecule has 3 amide bonds. The number of aryl methyl sites for hydroxylation is 1. The molecule has 1 aromatic heterocycles. The first-order valence-electron chi connectivity index (χ1n) is 14.0. The van der Waals surface area contributed by atoms with Crippen molar-refractivity contribution in [2.24, 2.45) is 0 Å². The Morgan fingerprint density at radius 3 is 2.21 bits per heavy atom. The predicted octanol–water partition coefficient (Wildman–Crippen LogP) is 5.22. The molecule has 43 heavy (non-hydrogen) atoms. The molecule has 0 spiro atoms. The first-order valence-corrected chi connectivity index (χ1v) is 14.8. The summed E-state index contributed by atoms with van der Waals surface area (Å²) in [6.07, 6.45) is -0.277. The number of hydrogen-bond donors (Lipinski definition) is 3. The number of hydrogen-bond acceptors (Lipinski definition) is 6. The third kappa shape index (κ3) is 7.28. The van der Waals surface area contributed by atoms with Crippen molar-refractivity contribution >= 4 is 46.4 Å². The molecule has 10 heteroatoms. The highest BCUT2D eigenvalue weighted by Crippen LogP contribution is 2.30. The van der Waals surface area contributed by atoms with Crippen molar-refractivity contribution < 1.29 is 24.3 Å². The fraction of sp³-hybridized carbons (Fsp3) is 0.212. The van der Waals surface area contributed by atoms with Gasteiger partial charge in [0.2, 0.25) is 0 Å². The number of thiophene rings is 1. The Hall–Kier alpha value is -4.96. The van der Waals surface area contributed by atoms with Crippen LogP contribution in [-0.2, 0) is 4.79 Å². The van der Waals surface area contributed by atoms with E-state index in [1.807, 2.05) is 47.5 Å². The van der Waals surface area contributed by atoms with Crippen molar-refractivity contribution in [1.29, 1.82) is 0 Å². The van der Waals surface area contributed by atoms with E-state index in [0.717, 1.165) is 11.3 Å². The van der Waals surface area contributed by atoms with E-state index < -0.39 is 17.9 Å². The van der Waals surface area contributed by atoms with Crippen LogP contribution in [0.15, 0.2) is 90.3 Å². The summed E-state index contributed by atoms with van der Waals surface area (Å²) in [5, 5.41) is 17.1. The van der Waals surface area contributed by atoms with E-state index in [2.05, 4.69) is 15.5 Å². The van der Waals surface area contributed by atoms with Crippen LogP contribution in [0.3, 0.4) is 0 Å². The molecule has 1 fully saturated rings. The van der Waals surface area contributed by atoms with Crippen LogP contribution in [0, 0.1) is 6.92 Å². The maximum atomic E-state index is 13.4. The van der Waals surface area contributed by atoms with Crippen LogP contribution in [0.4, 0.5) is 11.4 Å². The SMILES string of the molecule is Cc1ccc(C(CC(=O)O)NC(=O)c2ccc(N3CCN(C(=O)c4ccccc4)CC3)c(NC(=O)c3cccs3)c2)cc1. The molecule has 1 aliphatic heterocycles. The van der Waals surface area contributed by atoms with Crippen LogP contribution in [0.1, 0.15) is 54.0 Å². The van der Waals surface area contributed by atoms with Crippen molar-refractivity contribution in [1.82, 2.24) is 10.2 Å². The number of carbonyl (C=O) groups excluding carboxylic acids is 3. The van der Waals surface area contributed by atoms with Gasteiger partial charge in [0.25, 0.3) is 17.7 Å². The van der Waals surface area contributed by atoms with Gasteiger partial charge in [0.1, 0.15) is 0 Å². The maximum Gasteiger partial charge on any atom is 0.305 e. The summed E-state index contributed by atoms with van der Waals surface area (Å²) in [7, 11) is 0. The quantitative estimate of drug-likeness (QED) is 0.244. The molecule has 1 unspecified atom stereocenters. The number of nitrogens with one attached hydrogen (secondary N) is 2. The topological polar surface area (TPSA) is 119 Å². The molecule has 9 nitrogen and oxygen atoms in total. The molecular weight excluding hydrogens is 564 g/mol. The molecule has 2 heterocycles. The number of aliphatic carboxylic acids is 1. The summed E-state index contributed by atoms with van der Waals surface area (Å²) < 4.78 is 0. The van der Waals surface area contributed by atoms with Gasteiger partial charge in [-0.2, -0.15) is 0 Å². The third-order valence-corrected chi connectivity index (χ3v) is 8.21. The molecule has 1 aliphatic rings. The van der Waals surface area contributed by atoms with Crippen LogP contribution in [-0.4, -0.2) is 59.9 Å². The lowest BCUT2D eigenvalue weighted by Crippen LogP contribution is -2.49. The lowest BCUT2D eigenvalue weighted by atomic mass is 10.0. The van der Waals surface area contributed by atoms with Crippen LogP contribution in [0.2, 0.25) is 0 Å². The second-order valence-corrected chi connectivity index (χ2v) is 11.3. The number of amides is 3. The zero-order chi connectivity index (χ0) is 30.3. The molecule has 3 aromatic carbocycles. The second-order valence-electron chi connectivity index (χ2n) is 10.3. The molecule has 4 aromatic rings. The Kier molecular flexibility index (Phi) is 9.17. The molecular formula is C33H32N4O5S. The average Bonchev–Trinajstić information content (AvgIpc) is 3.57. The standard InChI is InChI=1S/C33H32N4O5S/c1-22-9-11-23(12-10-22)26(21-30(38)39)34-31(40)25-13-14-28(27(20-25)35-32(41)29-8-5-19-43-29)36-15-17-37(18-16-36)33(42)24-6-3-2-4-7-24/h2-14,19-20,26H,15-18,21H2,1H3,(H,34,40)(H,35,41)(H,38,39). The summed E-state index contributed by atoms with van der Waals surface area (Å²) >= 11 is 1.31. The molecule has 220 valence electrons. The minimum atomic E-state index is -1.03. The van der Waals surface area contributed by atoms with Gasteiger partial charge in [-0.05, 0) is 54.3 Å². The molecule has 0 aliphatic carbocycles. The van der Waals surface area contributed by atoms with E-state index in [1.54, 1.807) is 54.6 Å². The van der Waals surface area contributed by atoms with Crippen molar-refractivity contribution in [3.8, 4) is 0 Å². The third-order valence-electron chi connectivity index (χ3n) is 7.34. The zero-order valence-electron chi connectivity index (χ0n) is 23.7. The van der Waals surface area contributed by atoms with Gasteiger partial charge in [-0.1, -0.05) is 54.1 Å². The van der Waals surface area contributed by atoms with Gasteiger partial charge in [0, 0.05) is 37.3 Å². The van der Waals surface area contributed by atoms with E-state index >= 15 is 0 Å². The summed E-state index contributed by atoms with van der Waals surface area (Å²) in [5.74, 6) is -1.81. The van der Waals surface area contributed by atoms with Gasteiger partial charge in [0.05, 0.1) is 28.7 Å². The van der Waals surface area contributed by atoms with Crippen LogP contribution in [0.25, 0.3) is 0 Å². The molecule has 0 radical (unpaired) electrons. The van der Waals surface area contributed by atoms with E-state index in [9.17, 15) is 24.3 Å². The second kappa shape index (κ2) is 13.3. The Morgan fingerprint density at radius 2 is 1.56 bits per heavy atom. The first kappa shape index (κ1) is 29.5. The number of nitrogens with zero attached hydrogens (tertiary/aromatic N) is 2. The number of carbonyl (C=O) groups is 4. The first-order chi connectivity index (χ1) is 20.8. The summed E-state index contributed by atoms with van der Waals surface area (Å²) in [5.41, 5.74) is 3.82. The average molecular weight is 597 g/mol. The van der Waals surface area contributed by atoms with Crippen molar-refractivity contribution in [3.63, 3.8) is 0 Å². The predicted molar refractivity (Wildman–Crippen MR) is 167 cm³/mol. The zero-order valence-corrected chi connectivity index (χ0v) is 24.5. The van der Waals surface area contributed by atoms with Gasteiger partial charge in [-0.3, -0.25) is 19.2 Å². The molecule has 0 saturated carbocycles.